The van der Waals surface area contributed by atoms with Crippen LogP contribution in [0.1, 0.15) is 27.7 Å². The third-order valence-electron chi connectivity index (χ3n) is 3.01. The summed E-state index contributed by atoms with van der Waals surface area (Å²) in [7, 11) is 0. The van der Waals surface area contributed by atoms with Gasteiger partial charge in [-0.15, -0.1) is 0 Å². The Hall–Kier alpha value is -2.85. The van der Waals surface area contributed by atoms with Crippen molar-refractivity contribution >= 4 is 33.3 Å². The lowest BCUT2D eigenvalue weighted by atomic mass is 10.00. The zero-order valence-corrected chi connectivity index (χ0v) is 12.8. The van der Waals surface area contributed by atoms with Crippen molar-refractivity contribution in [2.75, 3.05) is 5.32 Å². The zero-order chi connectivity index (χ0) is 17.1. The van der Waals surface area contributed by atoms with E-state index in [0.29, 0.717) is 0 Å². The van der Waals surface area contributed by atoms with E-state index in [2.05, 4.69) is 10.3 Å². The zero-order valence-electron chi connectivity index (χ0n) is 12.0. The molecule has 10 heteroatoms. The summed E-state index contributed by atoms with van der Waals surface area (Å²) in [4.78, 5) is 37.7. The molecule has 0 fully saturated rings. The van der Waals surface area contributed by atoms with Crippen LogP contribution < -0.4 is 16.8 Å². The third kappa shape index (κ3) is 3.49. The number of aryl methyl sites for hydroxylation is 1. The second-order valence-corrected chi connectivity index (χ2v) is 5.57. The van der Waals surface area contributed by atoms with Gasteiger partial charge in [0, 0.05) is 5.56 Å². The van der Waals surface area contributed by atoms with Crippen LogP contribution in [0.4, 0.5) is 10.1 Å². The highest BCUT2D eigenvalue weighted by atomic mass is 32.1. The SMILES string of the molecule is Cc1nc(NC(=O)c2ccccc2C(N)C(N)=O)sc1[N+](=O)[O-]. The van der Waals surface area contributed by atoms with Gasteiger partial charge in [-0.1, -0.05) is 18.2 Å². The van der Waals surface area contributed by atoms with Crippen LogP contribution in [0.15, 0.2) is 24.3 Å². The lowest BCUT2D eigenvalue weighted by Crippen LogP contribution is -2.30. The molecular weight excluding hydrogens is 322 g/mol. The molecule has 23 heavy (non-hydrogen) atoms. The molecule has 0 saturated heterocycles. The van der Waals surface area contributed by atoms with Gasteiger partial charge in [-0.05, 0) is 29.9 Å². The highest BCUT2D eigenvalue weighted by molar-refractivity contribution is 7.19. The van der Waals surface area contributed by atoms with Crippen molar-refractivity contribution in [3.63, 3.8) is 0 Å². The van der Waals surface area contributed by atoms with E-state index in [1.807, 2.05) is 0 Å². The molecular formula is C13H13N5O4S. The molecule has 9 nitrogen and oxygen atoms in total. The summed E-state index contributed by atoms with van der Waals surface area (Å²) in [5, 5.41) is 13.2. The molecule has 120 valence electrons. The third-order valence-corrected chi connectivity index (χ3v) is 4.03. The number of carbonyl (C=O) groups is 2. The van der Waals surface area contributed by atoms with E-state index in [1.165, 1.54) is 19.1 Å². The Bertz CT molecular complexity index is 788. The van der Waals surface area contributed by atoms with Crippen LogP contribution in [-0.4, -0.2) is 21.7 Å². The molecule has 1 atom stereocenters. The summed E-state index contributed by atoms with van der Waals surface area (Å²) in [5.41, 5.74) is 11.5. The molecule has 0 bridgehead atoms. The fraction of sp³-hybridized carbons (Fsp3) is 0.154. The molecule has 2 rings (SSSR count). The molecule has 1 unspecified atom stereocenters. The molecule has 0 saturated carbocycles. The van der Waals surface area contributed by atoms with Crippen molar-refractivity contribution in [3.8, 4) is 0 Å². The lowest BCUT2D eigenvalue weighted by Gasteiger charge is -2.12. The first-order chi connectivity index (χ1) is 10.8. The molecule has 0 radical (unpaired) electrons. The number of aromatic nitrogens is 1. The predicted molar refractivity (Wildman–Crippen MR) is 84.0 cm³/mol. The normalized spacial score (nSPS) is 11.7. The number of primary amides is 1. The van der Waals surface area contributed by atoms with E-state index in [9.17, 15) is 19.7 Å². The molecule has 5 N–H and O–H groups in total. The van der Waals surface area contributed by atoms with E-state index in [0.717, 1.165) is 11.3 Å². The van der Waals surface area contributed by atoms with Crippen LogP contribution in [0.2, 0.25) is 0 Å². The van der Waals surface area contributed by atoms with Gasteiger partial charge in [-0.2, -0.15) is 0 Å². The van der Waals surface area contributed by atoms with E-state index >= 15 is 0 Å². The largest absolute Gasteiger partial charge is 0.368 e. The molecule has 0 aliphatic heterocycles. The number of nitrogens with two attached hydrogens (primary N) is 2. The Kier molecular flexibility index (Phi) is 4.67. The molecule has 2 amide bonds. The highest BCUT2D eigenvalue weighted by Crippen LogP contribution is 2.30. The molecule has 1 heterocycles. The van der Waals surface area contributed by atoms with Gasteiger partial charge in [0.2, 0.25) is 5.91 Å². The molecule has 2 aromatic rings. The number of nitrogens with zero attached hydrogens (tertiary/aromatic N) is 2. The van der Waals surface area contributed by atoms with Crippen LogP contribution in [0.25, 0.3) is 0 Å². The monoisotopic (exact) mass is 335 g/mol. The minimum Gasteiger partial charge on any atom is -0.368 e. The number of rotatable bonds is 5. The quantitative estimate of drug-likeness (QED) is 0.549. The van der Waals surface area contributed by atoms with Crippen molar-refractivity contribution < 1.29 is 14.5 Å². The van der Waals surface area contributed by atoms with Gasteiger partial charge < -0.3 is 11.5 Å². The van der Waals surface area contributed by atoms with Gasteiger partial charge in [-0.25, -0.2) is 4.98 Å². The first kappa shape index (κ1) is 16.5. The summed E-state index contributed by atoms with van der Waals surface area (Å²) in [6.07, 6.45) is 0. The fourth-order valence-electron chi connectivity index (χ4n) is 1.90. The number of benzene rings is 1. The fourth-order valence-corrected chi connectivity index (χ4v) is 2.68. The first-order valence-electron chi connectivity index (χ1n) is 6.38. The summed E-state index contributed by atoms with van der Waals surface area (Å²) in [5.74, 6) is -1.35. The van der Waals surface area contributed by atoms with Crippen LogP contribution in [-0.2, 0) is 4.79 Å². The Morgan fingerprint density at radius 2 is 2.04 bits per heavy atom. The maximum Gasteiger partial charge on any atom is 0.348 e. The van der Waals surface area contributed by atoms with Crippen molar-refractivity contribution in [3.05, 3.63) is 51.2 Å². The maximum atomic E-state index is 12.3. The summed E-state index contributed by atoms with van der Waals surface area (Å²) < 4.78 is 0. The van der Waals surface area contributed by atoms with Crippen LogP contribution in [0, 0.1) is 17.0 Å². The Morgan fingerprint density at radius 3 is 2.61 bits per heavy atom. The number of amides is 2. The molecule has 1 aromatic carbocycles. The first-order valence-corrected chi connectivity index (χ1v) is 7.20. The van der Waals surface area contributed by atoms with Gasteiger partial charge in [0.15, 0.2) is 5.13 Å². The van der Waals surface area contributed by atoms with Gasteiger partial charge in [-0.3, -0.25) is 25.0 Å². The van der Waals surface area contributed by atoms with Crippen molar-refractivity contribution in [2.24, 2.45) is 11.5 Å². The number of anilines is 1. The average Bonchev–Trinajstić information content (AvgIpc) is 2.87. The number of thiazole rings is 1. The standard InChI is InChI=1S/C13H13N5O4S/c1-6-12(18(21)22)23-13(16-6)17-11(20)8-5-3-2-4-7(8)9(14)10(15)19/h2-5,9H,14H2,1H3,(H2,15,19)(H,16,17,20). The number of carbonyl (C=O) groups excluding carboxylic acids is 2. The molecule has 0 spiro atoms. The van der Waals surface area contributed by atoms with Gasteiger partial charge in [0.05, 0.1) is 4.92 Å². The smallest absolute Gasteiger partial charge is 0.348 e. The molecule has 0 aliphatic carbocycles. The van der Waals surface area contributed by atoms with Gasteiger partial charge in [0.25, 0.3) is 5.91 Å². The van der Waals surface area contributed by atoms with E-state index < -0.39 is 22.8 Å². The van der Waals surface area contributed by atoms with E-state index in [4.69, 9.17) is 11.5 Å². The number of hydrogen-bond donors (Lipinski definition) is 3. The summed E-state index contributed by atoms with van der Waals surface area (Å²) >= 11 is 0.746. The topological polar surface area (TPSA) is 154 Å². The van der Waals surface area contributed by atoms with Crippen molar-refractivity contribution in [2.45, 2.75) is 13.0 Å². The summed E-state index contributed by atoms with van der Waals surface area (Å²) in [6.45, 7) is 1.47. The minimum atomic E-state index is -1.13. The van der Waals surface area contributed by atoms with Gasteiger partial charge >= 0.3 is 5.00 Å². The number of hydrogen-bond acceptors (Lipinski definition) is 7. The van der Waals surface area contributed by atoms with E-state index in [1.54, 1.807) is 12.1 Å². The summed E-state index contributed by atoms with van der Waals surface area (Å²) in [6, 6.07) is 5.07. The van der Waals surface area contributed by atoms with Gasteiger partial charge in [0.1, 0.15) is 11.7 Å². The van der Waals surface area contributed by atoms with E-state index in [-0.39, 0.29) is 27.0 Å². The van der Waals surface area contributed by atoms with Crippen molar-refractivity contribution in [1.29, 1.82) is 0 Å². The maximum absolute atomic E-state index is 12.3. The minimum absolute atomic E-state index is 0.0849. The molecule has 1 aromatic heterocycles. The Labute approximate surface area is 134 Å². The number of nitro groups is 1. The highest BCUT2D eigenvalue weighted by Gasteiger charge is 2.22. The van der Waals surface area contributed by atoms with Crippen molar-refractivity contribution in [1.82, 2.24) is 4.98 Å². The second-order valence-electron chi connectivity index (χ2n) is 4.59. The lowest BCUT2D eigenvalue weighted by molar-refractivity contribution is -0.380. The van der Waals surface area contributed by atoms with Crippen LogP contribution in [0.5, 0.6) is 0 Å². The second kappa shape index (κ2) is 6.50. The van der Waals surface area contributed by atoms with Crippen LogP contribution in [0.3, 0.4) is 0 Å². The van der Waals surface area contributed by atoms with Crippen LogP contribution >= 0.6 is 11.3 Å². The Balaban J connectivity index is 2.30. The average molecular weight is 335 g/mol. The Morgan fingerprint density at radius 1 is 1.39 bits per heavy atom. The predicted octanol–water partition coefficient (Wildman–Crippen LogP) is 1.10. The molecule has 0 aliphatic rings. The number of nitrogens with one attached hydrogen (secondary N) is 1.